The number of aromatic hydroxyl groups is 2. The topological polar surface area (TPSA) is 326 Å². The van der Waals surface area contributed by atoms with Crippen LogP contribution in [-0.2, 0) is 35.4 Å². The third-order valence-corrected chi connectivity index (χ3v) is 12.4. The molecule has 0 bridgehead atoms. The number of benzene rings is 1. The Bertz CT molecular complexity index is 2400. The Morgan fingerprint density at radius 3 is 2.45 bits per heavy atom. The minimum absolute atomic E-state index is 0. The van der Waals surface area contributed by atoms with Gasteiger partial charge in [-0.3, -0.25) is 33.6 Å². The predicted molar refractivity (Wildman–Crippen MR) is 209 cm³/mol. The number of oxime groups is 1. The van der Waals surface area contributed by atoms with Gasteiger partial charge in [0.25, 0.3) is 17.7 Å². The number of aryl methyl sites for hydroxylation is 1. The number of aromatic nitrogens is 3. The maximum atomic E-state index is 13.6. The number of nitrogens with one attached hydrogen (secondary N) is 2. The maximum absolute atomic E-state index is 13.6. The smallest absolute Gasteiger partial charge is 0.504 e. The van der Waals surface area contributed by atoms with Gasteiger partial charge in [-0.15, -0.1) is 23.1 Å². The van der Waals surface area contributed by atoms with Crippen LogP contribution in [0.15, 0.2) is 32.7 Å². The summed E-state index contributed by atoms with van der Waals surface area (Å²) in [6, 6.07) is -0.113. The van der Waals surface area contributed by atoms with Crippen molar-refractivity contribution in [2.45, 2.75) is 50.3 Å². The normalized spacial score (nSPS) is 18.9. The van der Waals surface area contributed by atoms with Crippen molar-refractivity contribution >= 4 is 92.1 Å². The number of thioether (sulfide) groups is 1. The number of carboxylic acids is 3. The molecule has 2 saturated heterocycles. The molecule has 22 nitrogen and oxygen atoms in total. The van der Waals surface area contributed by atoms with Crippen molar-refractivity contribution in [1.29, 1.82) is 0 Å². The third kappa shape index (κ3) is 9.18. The first kappa shape index (κ1) is 46.1. The molecule has 314 valence electrons. The number of nitrogens with two attached hydrogens (primary N) is 1. The molecule has 6 rings (SSSR count). The number of aliphatic carboxylic acids is 3. The monoisotopic (exact) mass is 901 g/mol. The molecule has 3 atom stereocenters. The van der Waals surface area contributed by atoms with Gasteiger partial charge < -0.3 is 51.2 Å². The first-order valence-electron chi connectivity index (χ1n) is 17.9. The fourth-order valence-electron chi connectivity index (χ4n) is 7.18. The summed E-state index contributed by atoms with van der Waals surface area (Å²) in [4.78, 5) is 99.1. The zero-order valence-electron chi connectivity index (χ0n) is 31.9. The van der Waals surface area contributed by atoms with Crippen LogP contribution in [0.3, 0.4) is 0 Å². The number of amides is 3. The number of halogens is 1. The van der Waals surface area contributed by atoms with Crippen molar-refractivity contribution in [2.75, 3.05) is 44.2 Å². The van der Waals surface area contributed by atoms with E-state index in [0.717, 1.165) is 35.1 Å². The molecule has 3 aliphatic heterocycles. The van der Waals surface area contributed by atoms with E-state index in [0.29, 0.717) is 29.7 Å². The molecule has 2 fully saturated rings. The molecule has 0 spiro atoms. The van der Waals surface area contributed by atoms with Crippen LogP contribution in [0, 0.1) is 0 Å². The number of rotatable bonds is 16. The Kier molecular flexibility index (Phi) is 14.4. The molecule has 9 N–H and O–H groups in total. The summed E-state index contributed by atoms with van der Waals surface area (Å²) in [7, 11) is 0. The number of quaternary nitrogens is 1. The van der Waals surface area contributed by atoms with E-state index in [9.17, 15) is 54.0 Å². The first-order chi connectivity index (χ1) is 28.0. The number of hydrogen-bond donors (Lipinski definition) is 8. The molecule has 0 saturated carbocycles. The molecule has 0 aliphatic carbocycles. The van der Waals surface area contributed by atoms with Crippen LogP contribution in [-0.4, -0.2) is 147 Å². The number of nitrogen functional groups attached to an aromatic ring is 1. The van der Waals surface area contributed by atoms with Gasteiger partial charge in [-0.1, -0.05) is 16.8 Å². The first-order valence-corrected chi connectivity index (χ1v) is 20.2. The third-order valence-electron chi connectivity index (χ3n) is 9.99. The second kappa shape index (κ2) is 18.7. The molecular formula is C34H37ClN9NaO13S2+2. The molecular weight excluding hydrogens is 865 g/mol. The van der Waals surface area contributed by atoms with Crippen molar-refractivity contribution in [3.8, 4) is 11.5 Å². The number of thiazole rings is 1. The number of carbonyl (C=O) groups excluding carboxylic acids is 3. The SMILES string of the molecule is CCn1nc(C(=O)NCC[N+]2(CC3=C(C(=O)O)N4C(=O)[C@@H](NC(=O)/C(=N\O[C@@H](CC(=O)O)C(=O)O)c5csc(N)n5)[C@H]4SC3)CCCC2)c(=O)c2c(Cl)c(O)c(O)cc21.[Na+]. The number of β-lactam (4-membered cyclic amide) rings is 1. The van der Waals surface area contributed by atoms with E-state index in [2.05, 4.69) is 25.9 Å². The minimum atomic E-state index is -1.96. The van der Waals surface area contributed by atoms with E-state index < -0.39 is 92.9 Å². The van der Waals surface area contributed by atoms with Crippen LogP contribution in [0.1, 0.15) is 42.4 Å². The summed E-state index contributed by atoms with van der Waals surface area (Å²) in [6.45, 7) is 3.75. The molecule has 3 aliphatic rings. The molecule has 0 unspecified atom stereocenters. The zero-order valence-corrected chi connectivity index (χ0v) is 36.3. The summed E-state index contributed by atoms with van der Waals surface area (Å²) >= 11 is 8.32. The van der Waals surface area contributed by atoms with E-state index in [1.807, 2.05) is 0 Å². The fraction of sp³-hybridized carbons (Fsp3) is 0.412. The number of carboxylic acid groups (broad SMARTS) is 3. The molecule has 3 amide bonds. The largest absolute Gasteiger partial charge is 1.00 e. The van der Waals surface area contributed by atoms with Gasteiger partial charge in [-0.25, -0.2) is 14.6 Å². The van der Waals surface area contributed by atoms with Gasteiger partial charge in [0, 0.05) is 42.2 Å². The van der Waals surface area contributed by atoms with Gasteiger partial charge >= 0.3 is 47.5 Å². The second-order valence-electron chi connectivity index (χ2n) is 13.7. The van der Waals surface area contributed by atoms with Gasteiger partial charge in [0.05, 0.1) is 48.5 Å². The average molecular weight is 902 g/mol. The van der Waals surface area contributed by atoms with Crippen molar-refractivity contribution in [3.05, 3.63) is 49.4 Å². The summed E-state index contributed by atoms with van der Waals surface area (Å²) in [5.74, 6) is -8.25. The van der Waals surface area contributed by atoms with Crippen LogP contribution in [0.2, 0.25) is 5.02 Å². The molecule has 5 heterocycles. The second-order valence-corrected chi connectivity index (χ2v) is 16.1. The van der Waals surface area contributed by atoms with Crippen molar-refractivity contribution in [3.63, 3.8) is 0 Å². The van der Waals surface area contributed by atoms with Crippen molar-refractivity contribution in [1.82, 2.24) is 30.3 Å². The quantitative estimate of drug-likeness (QED) is 0.0177. The number of nitrogens with zero attached hydrogens (tertiary/aromatic N) is 6. The Labute approximate surface area is 373 Å². The molecule has 0 radical (unpaired) electrons. The van der Waals surface area contributed by atoms with Crippen molar-refractivity contribution < 1.29 is 93.2 Å². The number of phenols is 2. The van der Waals surface area contributed by atoms with Gasteiger partial charge in [0.2, 0.25) is 11.5 Å². The minimum Gasteiger partial charge on any atom is -0.504 e. The van der Waals surface area contributed by atoms with Crippen LogP contribution >= 0.6 is 34.7 Å². The predicted octanol–water partition coefficient (Wildman–Crippen LogP) is -3.05. The van der Waals surface area contributed by atoms with Crippen LogP contribution < -0.4 is 51.4 Å². The van der Waals surface area contributed by atoms with Crippen molar-refractivity contribution in [2.24, 2.45) is 5.16 Å². The van der Waals surface area contributed by atoms with E-state index in [1.165, 1.54) is 21.8 Å². The Morgan fingerprint density at radius 2 is 1.85 bits per heavy atom. The van der Waals surface area contributed by atoms with Crippen LogP contribution in [0.5, 0.6) is 11.5 Å². The standard InChI is InChI=1S/C34H36ClN9O13S2.Na/c1-2-42-16-9-17(45)26(48)21(35)20(16)27(49)23(40-42)28(50)37-5-8-44(6-3-4-7-44)11-14-12-58-31-24(30(52)43(31)25(14)33(55)56)39-29(51)22(15-13-59-34(36)38-15)41-57-18(32(53)54)10-19(46)47;/h9,13,18,24,31H,2-8,10-12H2,1H3,(H8-,36,37,38,39,40,41,45,46,47,48,49,50,51,53,54,55,56);/q;+1/p+1/t18-,24+,31+;/m0./s1. The number of carbonyl (C=O) groups is 6. The number of fused-ring (bicyclic) bond motifs is 2. The Balaban J connectivity index is 0.00000683. The van der Waals surface area contributed by atoms with Gasteiger partial charge in [-0.2, -0.15) is 5.10 Å². The Morgan fingerprint density at radius 1 is 1.15 bits per heavy atom. The summed E-state index contributed by atoms with van der Waals surface area (Å²) in [6.07, 6.45) is -1.34. The number of phenolic OH excluding ortho intramolecular Hbond substituents is 2. The molecule has 3 aromatic rings. The molecule has 2 aromatic heterocycles. The molecule has 60 heavy (non-hydrogen) atoms. The zero-order chi connectivity index (χ0) is 42.9. The molecule has 1 aromatic carbocycles. The Hall–Kier alpha value is -4.98. The maximum Gasteiger partial charge on any atom is 1.00 e. The van der Waals surface area contributed by atoms with Gasteiger partial charge in [0.15, 0.2) is 28.0 Å². The summed E-state index contributed by atoms with van der Waals surface area (Å²) in [5.41, 5.74) is 3.96. The summed E-state index contributed by atoms with van der Waals surface area (Å²) < 4.78 is 1.66. The van der Waals surface area contributed by atoms with E-state index in [1.54, 1.807) is 6.92 Å². The molecule has 26 heteroatoms. The number of anilines is 1. The summed E-state index contributed by atoms with van der Waals surface area (Å²) in [5, 5.41) is 61.7. The number of likely N-dealkylation sites (tertiary alicyclic amines) is 1. The van der Waals surface area contributed by atoms with E-state index >= 15 is 0 Å². The van der Waals surface area contributed by atoms with E-state index in [-0.39, 0.29) is 82.4 Å². The average Bonchev–Trinajstić information content (AvgIpc) is 3.83. The fourth-order valence-corrected chi connectivity index (χ4v) is 9.35. The van der Waals surface area contributed by atoms with Crippen LogP contribution in [0.25, 0.3) is 10.9 Å². The van der Waals surface area contributed by atoms with Crippen LogP contribution in [0.4, 0.5) is 5.13 Å². The van der Waals surface area contributed by atoms with E-state index in [4.69, 9.17) is 27.3 Å². The number of hydrogen-bond acceptors (Lipinski definition) is 16. The van der Waals surface area contributed by atoms with Gasteiger partial charge in [0.1, 0.15) is 29.4 Å². The van der Waals surface area contributed by atoms with Gasteiger partial charge in [-0.05, 0) is 6.92 Å².